The largest absolute Gasteiger partial charge is 0.456 e. The third kappa shape index (κ3) is 6.56. The summed E-state index contributed by atoms with van der Waals surface area (Å²) in [6.07, 6.45) is 0. The van der Waals surface area contributed by atoms with E-state index < -0.39 is 0 Å². The highest BCUT2D eigenvalue weighted by Gasteiger charge is 2.22. The van der Waals surface area contributed by atoms with Crippen molar-refractivity contribution in [2.75, 3.05) is 0 Å². The lowest BCUT2D eigenvalue weighted by molar-refractivity contribution is 0.669. The molecule has 0 aliphatic rings. The van der Waals surface area contributed by atoms with Gasteiger partial charge in [0.05, 0.1) is 11.0 Å². The first-order valence-corrected chi connectivity index (χ1v) is 24.0. The van der Waals surface area contributed by atoms with Crippen molar-refractivity contribution in [3.05, 3.63) is 231 Å². The van der Waals surface area contributed by atoms with Gasteiger partial charge in [-0.1, -0.05) is 170 Å². The Kier molecular flexibility index (Phi) is 9.00. The van der Waals surface area contributed by atoms with Gasteiger partial charge < -0.3 is 8.98 Å². The maximum absolute atomic E-state index is 6.71. The standard InChI is InChI=1S/C63H38N4OS/c1-3-16-39(17-4-1)41-20-13-22-44(34-41)61-64-62(45-23-14-21-42(35-45)40-18-5-2-6-19-40)66-63(65-61)50-27-15-30-56-59(50)52-36-43(32-33-55(52)68-56)51-37-46(38-58-60(51)49-26-9-12-31-57(49)69-58)67-53-28-10-7-24-47(53)48-25-8-11-29-54(48)67/h1-38H. The Morgan fingerprint density at radius 2 is 0.870 bits per heavy atom. The summed E-state index contributed by atoms with van der Waals surface area (Å²) >= 11 is 1.84. The minimum atomic E-state index is 0.573. The second-order valence-corrected chi connectivity index (χ2v) is 18.6. The highest BCUT2D eigenvalue weighted by molar-refractivity contribution is 7.26. The quantitative estimate of drug-likeness (QED) is 0.160. The topological polar surface area (TPSA) is 56.7 Å². The molecule has 0 aliphatic carbocycles. The first-order chi connectivity index (χ1) is 34.2. The zero-order valence-electron chi connectivity index (χ0n) is 37.0. The Morgan fingerprint density at radius 1 is 0.319 bits per heavy atom. The van der Waals surface area contributed by atoms with E-state index in [4.69, 9.17) is 19.4 Å². The number of hydrogen-bond acceptors (Lipinski definition) is 5. The first kappa shape index (κ1) is 39.2. The second-order valence-electron chi connectivity index (χ2n) is 17.5. The van der Waals surface area contributed by atoms with Crippen molar-refractivity contribution in [1.82, 2.24) is 19.5 Å². The van der Waals surface area contributed by atoms with Gasteiger partial charge in [-0.2, -0.15) is 0 Å². The lowest BCUT2D eigenvalue weighted by Gasteiger charge is -2.13. The summed E-state index contributed by atoms with van der Waals surface area (Å²) in [5, 5.41) is 6.92. The summed E-state index contributed by atoms with van der Waals surface area (Å²) in [5.74, 6) is 1.76. The summed E-state index contributed by atoms with van der Waals surface area (Å²) in [6.45, 7) is 0. The molecule has 0 N–H and O–H groups in total. The minimum absolute atomic E-state index is 0.573. The number of nitrogens with zero attached hydrogens (tertiary/aromatic N) is 4. The molecule has 14 aromatic rings. The van der Waals surface area contributed by atoms with Crippen LogP contribution in [0.2, 0.25) is 0 Å². The van der Waals surface area contributed by atoms with Crippen LogP contribution < -0.4 is 0 Å². The van der Waals surface area contributed by atoms with E-state index in [0.29, 0.717) is 17.5 Å². The predicted molar refractivity (Wildman–Crippen MR) is 287 cm³/mol. The van der Waals surface area contributed by atoms with Crippen molar-refractivity contribution in [2.45, 2.75) is 0 Å². The number of rotatable bonds is 7. The van der Waals surface area contributed by atoms with Crippen LogP contribution in [0.5, 0.6) is 0 Å². The van der Waals surface area contributed by atoms with Crippen LogP contribution in [0.3, 0.4) is 0 Å². The average molecular weight is 899 g/mol. The van der Waals surface area contributed by atoms with Gasteiger partial charge in [0.2, 0.25) is 0 Å². The molecule has 0 bridgehead atoms. The van der Waals surface area contributed by atoms with Crippen molar-refractivity contribution in [2.24, 2.45) is 0 Å². The molecular weight excluding hydrogens is 861 g/mol. The van der Waals surface area contributed by atoms with Crippen LogP contribution in [-0.4, -0.2) is 19.5 Å². The molecule has 0 saturated carbocycles. The molecule has 5 nitrogen and oxygen atoms in total. The Labute approximate surface area is 400 Å². The average Bonchev–Trinajstić information content (AvgIpc) is 4.10. The van der Waals surface area contributed by atoms with Gasteiger partial charge in [-0.25, -0.2) is 15.0 Å². The normalized spacial score (nSPS) is 11.8. The fraction of sp³-hybridized carbons (Fsp3) is 0. The Balaban J connectivity index is 0.989. The Hall–Kier alpha value is -8.97. The van der Waals surface area contributed by atoms with Gasteiger partial charge in [0.1, 0.15) is 11.2 Å². The molecule has 0 atom stereocenters. The SMILES string of the molecule is c1ccc(-c2cccc(-c3nc(-c4cccc(-c5ccccc5)c4)nc(-c4cccc5oc6ccc(-c7cc(-n8c9ccccc9c9ccccc98)cc8sc9ccccc9c78)cc6c45)n3)c2)cc1. The second kappa shape index (κ2) is 15.8. The summed E-state index contributed by atoms with van der Waals surface area (Å²) in [6, 6.07) is 81.5. The lowest BCUT2D eigenvalue weighted by atomic mass is 9.96. The molecular formula is C63H38N4OS. The molecule has 6 heteroatoms. The maximum Gasteiger partial charge on any atom is 0.164 e. The van der Waals surface area contributed by atoms with E-state index >= 15 is 0 Å². The molecule has 0 fully saturated rings. The van der Waals surface area contributed by atoms with Crippen molar-refractivity contribution in [3.8, 4) is 73.2 Å². The zero-order valence-corrected chi connectivity index (χ0v) is 37.9. The highest BCUT2D eigenvalue weighted by Crippen LogP contribution is 2.45. The van der Waals surface area contributed by atoms with E-state index in [0.717, 1.165) is 77.7 Å². The molecule has 0 saturated heterocycles. The van der Waals surface area contributed by atoms with Crippen LogP contribution in [0.25, 0.3) is 137 Å². The molecule has 4 heterocycles. The fourth-order valence-corrected chi connectivity index (χ4v) is 11.4. The summed E-state index contributed by atoms with van der Waals surface area (Å²) in [4.78, 5) is 15.9. The van der Waals surface area contributed by atoms with Crippen LogP contribution in [0.1, 0.15) is 0 Å². The summed E-state index contributed by atoms with van der Waals surface area (Å²) in [7, 11) is 0. The minimum Gasteiger partial charge on any atom is -0.456 e. The first-order valence-electron chi connectivity index (χ1n) is 23.2. The maximum atomic E-state index is 6.71. The lowest BCUT2D eigenvalue weighted by Crippen LogP contribution is -2.00. The predicted octanol–water partition coefficient (Wildman–Crippen LogP) is 17.2. The number of para-hydroxylation sites is 2. The number of fused-ring (bicyclic) bond motifs is 9. The van der Waals surface area contributed by atoms with Crippen LogP contribution in [0.4, 0.5) is 0 Å². The Morgan fingerprint density at radius 3 is 1.54 bits per heavy atom. The molecule has 14 rings (SSSR count). The number of furan rings is 1. The Bertz CT molecular complexity index is 4160. The third-order valence-corrected chi connectivity index (χ3v) is 14.6. The van der Waals surface area contributed by atoms with E-state index in [9.17, 15) is 0 Å². The van der Waals surface area contributed by atoms with Crippen LogP contribution in [0, 0.1) is 0 Å². The van der Waals surface area contributed by atoms with Crippen molar-refractivity contribution < 1.29 is 4.42 Å². The van der Waals surface area contributed by atoms with Gasteiger partial charge in [0.15, 0.2) is 17.5 Å². The van der Waals surface area contributed by atoms with E-state index in [1.165, 1.54) is 42.0 Å². The van der Waals surface area contributed by atoms with Crippen LogP contribution in [0.15, 0.2) is 235 Å². The summed E-state index contributed by atoms with van der Waals surface area (Å²) in [5.41, 5.74) is 14.4. The molecule has 0 spiro atoms. The molecule has 69 heavy (non-hydrogen) atoms. The molecule has 10 aromatic carbocycles. The summed E-state index contributed by atoms with van der Waals surface area (Å²) < 4.78 is 11.6. The molecule has 0 unspecified atom stereocenters. The molecule has 0 amide bonds. The van der Waals surface area contributed by atoms with Gasteiger partial charge in [0, 0.05) is 64.1 Å². The molecule has 4 aromatic heterocycles. The highest BCUT2D eigenvalue weighted by atomic mass is 32.1. The number of thiophene rings is 1. The third-order valence-electron chi connectivity index (χ3n) is 13.4. The zero-order chi connectivity index (χ0) is 45.4. The van der Waals surface area contributed by atoms with Crippen LogP contribution >= 0.6 is 11.3 Å². The monoisotopic (exact) mass is 898 g/mol. The van der Waals surface area contributed by atoms with Gasteiger partial charge >= 0.3 is 0 Å². The van der Waals surface area contributed by atoms with Crippen molar-refractivity contribution >= 4 is 75.3 Å². The van der Waals surface area contributed by atoms with Crippen molar-refractivity contribution in [1.29, 1.82) is 0 Å². The smallest absolute Gasteiger partial charge is 0.164 e. The molecule has 0 aliphatic heterocycles. The number of aromatic nitrogens is 4. The van der Waals surface area contributed by atoms with E-state index in [1.54, 1.807) is 0 Å². The van der Waals surface area contributed by atoms with E-state index in [-0.39, 0.29) is 0 Å². The molecule has 322 valence electrons. The number of benzene rings is 10. The van der Waals surface area contributed by atoms with Gasteiger partial charge in [-0.05, 0) is 94.0 Å². The van der Waals surface area contributed by atoms with E-state index in [1.807, 2.05) is 35.6 Å². The van der Waals surface area contributed by atoms with Gasteiger partial charge in [0.25, 0.3) is 0 Å². The fourth-order valence-electron chi connectivity index (χ4n) is 10.3. The van der Waals surface area contributed by atoms with Gasteiger partial charge in [-0.3, -0.25) is 0 Å². The van der Waals surface area contributed by atoms with Crippen LogP contribution in [-0.2, 0) is 0 Å². The van der Waals surface area contributed by atoms with E-state index in [2.05, 4.69) is 211 Å². The van der Waals surface area contributed by atoms with Crippen molar-refractivity contribution in [3.63, 3.8) is 0 Å². The van der Waals surface area contributed by atoms with Gasteiger partial charge in [-0.15, -0.1) is 11.3 Å². The molecule has 0 radical (unpaired) electrons. The number of hydrogen-bond donors (Lipinski definition) is 0.